The van der Waals surface area contributed by atoms with Gasteiger partial charge in [0.05, 0.1) is 0 Å². The minimum atomic E-state index is -0.312. The van der Waals surface area contributed by atoms with Crippen LogP contribution in [-0.4, -0.2) is 11.0 Å². The van der Waals surface area contributed by atoms with Crippen molar-refractivity contribution >= 4 is 27.4 Å². The van der Waals surface area contributed by atoms with Crippen LogP contribution in [0.1, 0.15) is 30.8 Å². The van der Waals surface area contributed by atoms with Crippen molar-refractivity contribution in [3.05, 3.63) is 52.7 Å². The average molecular weight is 341 g/mol. The Morgan fingerprint density at radius 2 is 2.08 bits per heavy atom. The van der Waals surface area contributed by atoms with E-state index in [1.54, 1.807) is 0 Å². The number of fused-ring (bicyclic) bond motifs is 1. The van der Waals surface area contributed by atoms with E-state index in [1.807, 2.05) is 36.6 Å². The largest absolute Gasteiger partial charge is 0.489 e. The second kappa shape index (κ2) is 7.01. The summed E-state index contributed by atoms with van der Waals surface area (Å²) in [5, 5.41) is 2.76. The van der Waals surface area contributed by atoms with Gasteiger partial charge >= 0.3 is 5.97 Å². The molecule has 0 radical (unpaired) electrons. The molecule has 1 aromatic carbocycles. The number of thiophene rings is 1. The first-order chi connectivity index (χ1) is 11.6. The van der Waals surface area contributed by atoms with Gasteiger partial charge in [-0.15, -0.1) is 11.3 Å². The maximum absolute atomic E-state index is 11.1. The predicted molar refractivity (Wildman–Crippen MR) is 95.8 cm³/mol. The number of aryl methyl sites for hydroxylation is 2. The highest BCUT2D eigenvalue weighted by Crippen LogP contribution is 2.35. The van der Waals surface area contributed by atoms with Crippen LogP contribution in [0.2, 0.25) is 0 Å². The molecule has 0 spiro atoms. The standard InChI is InChI=1S/C19H19NO3S/c1-4-15-6-5-14(12(2)20-15)10-22-16-7-8-17-18(23-13(3)21)11-24-19(17)9-16/h5-9,11H,4,10H2,1-3H3. The summed E-state index contributed by atoms with van der Waals surface area (Å²) in [6.45, 7) is 5.99. The van der Waals surface area contributed by atoms with Gasteiger partial charge in [0, 0.05) is 39.3 Å². The number of pyridine rings is 1. The molecule has 124 valence electrons. The van der Waals surface area contributed by atoms with Gasteiger partial charge in [0.2, 0.25) is 0 Å². The Labute approximate surface area is 145 Å². The fraction of sp³-hybridized carbons (Fsp3) is 0.263. The molecule has 4 nitrogen and oxygen atoms in total. The zero-order valence-corrected chi connectivity index (χ0v) is 14.8. The van der Waals surface area contributed by atoms with Crippen LogP contribution in [-0.2, 0) is 17.8 Å². The van der Waals surface area contributed by atoms with E-state index in [0.717, 1.165) is 39.2 Å². The molecule has 3 rings (SSSR count). The topological polar surface area (TPSA) is 48.4 Å². The van der Waals surface area contributed by atoms with Crippen molar-refractivity contribution in [3.63, 3.8) is 0 Å². The van der Waals surface area contributed by atoms with Crippen LogP contribution in [0.3, 0.4) is 0 Å². The van der Waals surface area contributed by atoms with Gasteiger partial charge in [-0.05, 0) is 37.6 Å². The van der Waals surface area contributed by atoms with Gasteiger partial charge in [-0.1, -0.05) is 13.0 Å². The molecule has 2 heterocycles. The molecule has 0 bridgehead atoms. The predicted octanol–water partition coefficient (Wildman–Crippen LogP) is 4.67. The van der Waals surface area contributed by atoms with Crippen LogP contribution < -0.4 is 9.47 Å². The van der Waals surface area contributed by atoms with E-state index in [4.69, 9.17) is 9.47 Å². The Morgan fingerprint density at radius 1 is 1.25 bits per heavy atom. The molecule has 0 amide bonds. The molecule has 0 atom stereocenters. The molecule has 0 aliphatic carbocycles. The molecule has 0 unspecified atom stereocenters. The van der Waals surface area contributed by atoms with Crippen molar-refractivity contribution in [3.8, 4) is 11.5 Å². The van der Waals surface area contributed by atoms with Gasteiger partial charge in [0.1, 0.15) is 18.1 Å². The molecule has 24 heavy (non-hydrogen) atoms. The Kier molecular flexibility index (Phi) is 4.81. The van der Waals surface area contributed by atoms with Crippen LogP contribution >= 0.6 is 11.3 Å². The van der Waals surface area contributed by atoms with Crippen molar-refractivity contribution in [1.29, 1.82) is 0 Å². The highest BCUT2D eigenvalue weighted by atomic mass is 32.1. The van der Waals surface area contributed by atoms with E-state index in [2.05, 4.69) is 18.0 Å². The quantitative estimate of drug-likeness (QED) is 0.633. The lowest BCUT2D eigenvalue weighted by molar-refractivity contribution is -0.131. The van der Waals surface area contributed by atoms with Gasteiger partial charge in [0.15, 0.2) is 0 Å². The number of ether oxygens (including phenoxy) is 2. The summed E-state index contributed by atoms with van der Waals surface area (Å²) in [7, 11) is 0. The summed E-state index contributed by atoms with van der Waals surface area (Å²) in [5.41, 5.74) is 3.18. The minimum absolute atomic E-state index is 0.312. The fourth-order valence-electron chi connectivity index (χ4n) is 2.46. The highest BCUT2D eigenvalue weighted by molar-refractivity contribution is 7.17. The van der Waals surface area contributed by atoms with Gasteiger partial charge < -0.3 is 9.47 Å². The number of carbonyl (C=O) groups excluding carboxylic acids is 1. The Bertz CT molecular complexity index is 885. The van der Waals surface area contributed by atoms with Gasteiger partial charge in [-0.2, -0.15) is 0 Å². The van der Waals surface area contributed by atoms with Crippen molar-refractivity contribution in [1.82, 2.24) is 4.98 Å². The molecule has 0 N–H and O–H groups in total. The zero-order valence-electron chi connectivity index (χ0n) is 14.0. The van der Waals surface area contributed by atoms with E-state index in [0.29, 0.717) is 12.4 Å². The first kappa shape index (κ1) is 16.5. The maximum atomic E-state index is 11.1. The number of nitrogens with zero attached hydrogens (tertiary/aromatic N) is 1. The summed E-state index contributed by atoms with van der Waals surface area (Å²) in [6.07, 6.45) is 0.932. The van der Waals surface area contributed by atoms with Crippen LogP contribution in [0, 0.1) is 6.92 Å². The maximum Gasteiger partial charge on any atom is 0.308 e. The summed E-state index contributed by atoms with van der Waals surface area (Å²) in [4.78, 5) is 15.7. The molecule has 0 saturated carbocycles. The third-order valence-electron chi connectivity index (χ3n) is 3.77. The molecule has 2 aromatic heterocycles. The van der Waals surface area contributed by atoms with Crippen molar-refractivity contribution in [2.24, 2.45) is 0 Å². The van der Waals surface area contributed by atoms with Crippen molar-refractivity contribution < 1.29 is 14.3 Å². The number of benzene rings is 1. The summed E-state index contributed by atoms with van der Waals surface area (Å²) in [6, 6.07) is 9.90. The van der Waals surface area contributed by atoms with Crippen LogP contribution in [0.4, 0.5) is 0 Å². The summed E-state index contributed by atoms with van der Waals surface area (Å²) in [5.74, 6) is 1.08. The van der Waals surface area contributed by atoms with E-state index in [-0.39, 0.29) is 5.97 Å². The third kappa shape index (κ3) is 3.57. The number of rotatable bonds is 5. The average Bonchev–Trinajstić information content (AvgIpc) is 2.95. The Morgan fingerprint density at radius 3 is 2.79 bits per heavy atom. The van der Waals surface area contributed by atoms with Crippen molar-refractivity contribution in [2.45, 2.75) is 33.8 Å². The monoisotopic (exact) mass is 341 g/mol. The lowest BCUT2D eigenvalue weighted by atomic mass is 10.2. The summed E-state index contributed by atoms with van der Waals surface area (Å²) < 4.78 is 12.1. The van der Waals surface area contributed by atoms with E-state index in [9.17, 15) is 4.79 Å². The molecule has 0 saturated heterocycles. The smallest absolute Gasteiger partial charge is 0.308 e. The fourth-order valence-corrected chi connectivity index (χ4v) is 3.35. The number of hydrogen-bond donors (Lipinski definition) is 0. The Hall–Kier alpha value is -2.40. The zero-order chi connectivity index (χ0) is 17.1. The lowest BCUT2D eigenvalue weighted by Gasteiger charge is -2.09. The molecular weight excluding hydrogens is 322 g/mol. The molecule has 3 aromatic rings. The lowest BCUT2D eigenvalue weighted by Crippen LogP contribution is -2.01. The van der Waals surface area contributed by atoms with Crippen LogP contribution in [0.15, 0.2) is 35.7 Å². The van der Waals surface area contributed by atoms with Gasteiger partial charge in [0.25, 0.3) is 0 Å². The van der Waals surface area contributed by atoms with E-state index < -0.39 is 0 Å². The third-order valence-corrected chi connectivity index (χ3v) is 4.70. The SMILES string of the molecule is CCc1ccc(COc2ccc3c(OC(C)=O)csc3c2)c(C)n1. The second-order valence-corrected chi connectivity index (χ2v) is 6.45. The Balaban J connectivity index is 1.75. The number of aromatic nitrogens is 1. The van der Waals surface area contributed by atoms with Gasteiger partial charge in [-0.3, -0.25) is 9.78 Å². The van der Waals surface area contributed by atoms with Crippen LogP contribution in [0.25, 0.3) is 10.1 Å². The van der Waals surface area contributed by atoms with Crippen molar-refractivity contribution in [2.75, 3.05) is 0 Å². The molecular formula is C19H19NO3S. The second-order valence-electron chi connectivity index (χ2n) is 5.54. The molecule has 0 aliphatic heterocycles. The molecule has 5 heteroatoms. The number of carbonyl (C=O) groups is 1. The highest BCUT2D eigenvalue weighted by Gasteiger charge is 2.09. The van der Waals surface area contributed by atoms with Gasteiger partial charge in [-0.25, -0.2) is 0 Å². The van der Waals surface area contributed by atoms with Crippen LogP contribution in [0.5, 0.6) is 11.5 Å². The summed E-state index contributed by atoms with van der Waals surface area (Å²) >= 11 is 1.53. The minimum Gasteiger partial charge on any atom is -0.489 e. The van der Waals surface area contributed by atoms with E-state index >= 15 is 0 Å². The van der Waals surface area contributed by atoms with E-state index in [1.165, 1.54) is 18.3 Å². The molecule has 0 fully saturated rings. The normalized spacial score (nSPS) is 10.8. The first-order valence-electron chi connectivity index (χ1n) is 7.84. The number of hydrogen-bond acceptors (Lipinski definition) is 5. The number of esters is 1. The first-order valence-corrected chi connectivity index (χ1v) is 8.72. The molecule has 0 aliphatic rings.